The zero-order valence-corrected chi connectivity index (χ0v) is 19.5. The van der Waals surface area contributed by atoms with E-state index in [-0.39, 0.29) is 43.0 Å². The molecule has 2 atom stereocenters. The monoisotopic (exact) mass is 497 g/mol. The molecule has 2 aliphatic rings. The Morgan fingerprint density at radius 1 is 1.26 bits per heavy atom. The standard InChI is InChI=1S/C23H26F3N3O4S/c1-14-18(3-2-8-29(14)21(30)12-33-17-10-32-11-17)22(31)27-9-20-28-19(13-34-20)15-4-6-16(7-5-15)23(24,25)26/h4-7,13-14,17-18H,2-3,8-12H2,1H3,(H,27,31)/t14-,18-/m0/s1. The highest BCUT2D eigenvalue weighted by Crippen LogP contribution is 2.31. The number of likely N-dealkylation sites (tertiary alicyclic amines) is 1. The lowest BCUT2D eigenvalue weighted by Gasteiger charge is -2.39. The van der Waals surface area contributed by atoms with Gasteiger partial charge in [-0.1, -0.05) is 12.1 Å². The quantitative estimate of drug-likeness (QED) is 0.634. The van der Waals surface area contributed by atoms with Gasteiger partial charge in [0.2, 0.25) is 11.8 Å². The number of rotatable bonds is 7. The van der Waals surface area contributed by atoms with E-state index in [1.165, 1.54) is 23.5 Å². The van der Waals surface area contributed by atoms with Crippen LogP contribution < -0.4 is 5.32 Å². The molecule has 34 heavy (non-hydrogen) atoms. The third-order valence-corrected chi connectivity index (χ3v) is 7.02. The van der Waals surface area contributed by atoms with E-state index < -0.39 is 11.7 Å². The van der Waals surface area contributed by atoms with E-state index in [2.05, 4.69) is 10.3 Å². The van der Waals surface area contributed by atoms with Gasteiger partial charge in [0.05, 0.1) is 36.9 Å². The molecule has 7 nitrogen and oxygen atoms in total. The van der Waals surface area contributed by atoms with Crippen molar-refractivity contribution in [3.63, 3.8) is 0 Å². The second-order valence-corrected chi connectivity index (χ2v) is 9.41. The maximum absolute atomic E-state index is 12.9. The summed E-state index contributed by atoms with van der Waals surface area (Å²) in [5.41, 5.74) is 0.423. The molecule has 184 valence electrons. The van der Waals surface area contributed by atoms with E-state index in [4.69, 9.17) is 9.47 Å². The molecule has 0 aliphatic carbocycles. The fourth-order valence-electron chi connectivity index (χ4n) is 4.08. The van der Waals surface area contributed by atoms with Gasteiger partial charge < -0.3 is 19.7 Å². The first kappa shape index (κ1) is 24.6. The topological polar surface area (TPSA) is 80.8 Å². The largest absolute Gasteiger partial charge is 0.416 e. The van der Waals surface area contributed by atoms with Gasteiger partial charge in [0.1, 0.15) is 17.7 Å². The molecule has 2 saturated heterocycles. The molecule has 4 rings (SSSR count). The number of aromatic nitrogens is 1. The summed E-state index contributed by atoms with van der Waals surface area (Å²) in [6, 6.07) is 4.58. The fourth-order valence-corrected chi connectivity index (χ4v) is 4.82. The van der Waals surface area contributed by atoms with E-state index in [1.54, 1.807) is 10.3 Å². The van der Waals surface area contributed by atoms with Crippen LogP contribution in [0.15, 0.2) is 29.6 Å². The van der Waals surface area contributed by atoms with Gasteiger partial charge in [-0.25, -0.2) is 4.98 Å². The van der Waals surface area contributed by atoms with Crippen LogP contribution in [0.3, 0.4) is 0 Å². The number of alkyl halides is 3. The lowest BCUT2D eigenvalue weighted by Crippen LogP contribution is -2.52. The third kappa shape index (κ3) is 5.76. The lowest BCUT2D eigenvalue weighted by molar-refractivity contribution is -0.159. The van der Waals surface area contributed by atoms with Gasteiger partial charge in [-0.15, -0.1) is 11.3 Å². The molecule has 0 spiro atoms. The molecule has 2 aromatic rings. The first-order chi connectivity index (χ1) is 16.2. The molecule has 1 aromatic carbocycles. The maximum Gasteiger partial charge on any atom is 0.416 e. The molecule has 2 amide bonds. The predicted molar refractivity (Wildman–Crippen MR) is 119 cm³/mol. The fraction of sp³-hybridized carbons (Fsp3) is 0.522. The van der Waals surface area contributed by atoms with Crippen molar-refractivity contribution in [2.45, 2.75) is 44.6 Å². The normalized spacial score (nSPS) is 21.2. The molecule has 1 aromatic heterocycles. The summed E-state index contributed by atoms with van der Waals surface area (Å²) in [5, 5.41) is 5.30. The average molecular weight is 498 g/mol. The van der Waals surface area contributed by atoms with Gasteiger partial charge in [-0.05, 0) is 31.9 Å². The van der Waals surface area contributed by atoms with Gasteiger partial charge >= 0.3 is 6.18 Å². The van der Waals surface area contributed by atoms with E-state index in [9.17, 15) is 22.8 Å². The van der Waals surface area contributed by atoms with Crippen LogP contribution in [0.4, 0.5) is 13.2 Å². The summed E-state index contributed by atoms with van der Waals surface area (Å²) in [6.45, 7) is 3.68. The first-order valence-corrected chi connectivity index (χ1v) is 12.0. The van der Waals surface area contributed by atoms with Crippen molar-refractivity contribution in [3.05, 3.63) is 40.2 Å². The number of halogens is 3. The number of hydrogen-bond acceptors (Lipinski definition) is 6. The highest BCUT2D eigenvalue weighted by atomic mass is 32.1. The average Bonchev–Trinajstić information content (AvgIpc) is 3.25. The molecule has 0 saturated carbocycles. The van der Waals surface area contributed by atoms with Gasteiger partial charge in [-0.3, -0.25) is 9.59 Å². The summed E-state index contributed by atoms with van der Waals surface area (Å²) in [7, 11) is 0. The molecule has 0 radical (unpaired) electrons. The summed E-state index contributed by atoms with van der Waals surface area (Å²) in [5.74, 6) is -0.610. The van der Waals surface area contributed by atoms with E-state index >= 15 is 0 Å². The van der Waals surface area contributed by atoms with Crippen LogP contribution in [-0.2, 0) is 31.8 Å². The number of piperidine rings is 1. The SMILES string of the molecule is C[C@H]1[C@@H](C(=O)NCc2nc(-c3ccc(C(F)(F)F)cc3)cs2)CCCN1C(=O)COC1COC1. The highest BCUT2D eigenvalue weighted by Gasteiger charge is 2.36. The van der Waals surface area contributed by atoms with Crippen molar-refractivity contribution in [2.24, 2.45) is 5.92 Å². The maximum atomic E-state index is 12.9. The van der Waals surface area contributed by atoms with Crippen LogP contribution in [0.1, 0.15) is 30.3 Å². The smallest absolute Gasteiger partial charge is 0.376 e. The number of thiazole rings is 1. The highest BCUT2D eigenvalue weighted by molar-refractivity contribution is 7.09. The Morgan fingerprint density at radius 2 is 2.00 bits per heavy atom. The number of benzene rings is 1. The van der Waals surface area contributed by atoms with Crippen molar-refractivity contribution in [1.82, 2.24) is 15.2 Å². The summed E-state index contributed by atoms with van der Waals surface area (Å²) in [6.07, 6.45) is -3.00. The molecule has 0 bridgehead atoms. The van der Waals surface area contributed by atoms with Crippen LogP contribution in [0, 0.1) is 5.92 Å². The minimum Gasteiger partial charge on any atom is -0.376 e. The Balaban J connectivity index is 1.30. The number of nitrogens with zero attached hydrogens (tertiary/aromatic N) is 2. The second kappa shape index (κ2) is 10.4. The first-order valence-electron chi connectivity index (χ1n) is 11.1. The van der Waals surface area contributed by atoms with E-state index in [1.807, 2.05) is 6.92 Å². The van der Waals surface area contributed by atoms with E-state index in [0.29, 0.717) is 42.4 Å². The molecular weight excluding hydrogens is 471 g/mol. The summed E-state index contributed by atoms with van der Waals surface area (Å²) < 4.78 is 48.8. The summed E-state index contributed by atoms with van der Waals surface area (Å²) >= 11 is 1.33. The molecule has 11 heteroatoms. The molecule has 3 heterocycles. The van der Waals surface area contributed by atoms with Crippen molar-refractivity contribution in [2.75, 3.05) is 26.4 Å². The van der Waals surface area contributed by atoms with Crippen molar-refractivity contribution in [1.29, 1.82) is 0 Å². The van der Waals surface area contributed by atoms with Gasteiger partial charge in [0.25, 0.3) is 0 Å². The Morgan fingerprint density at radius 3 is 2.65 bits per heavy atom. The number of hydrogen-bond donors (Lipinski definition) is 1. The van der Waals surface area contributed by atoms with Crippen molar-refractivity contribution < 1.29 is 32.2 Å². The zero-order valence-electron chi connectivity index (χ0n) is 18.6. The van der Waals surface area contributed by atoms with Crippen LogP contribution in [0.5, 0.6) is 0 Å². The lowest BCUT2D eigenvalue weighted by atomic mass is 9.89. The molecule has 0 unspecified atom stereocenters. The Bertz CT molecular complexity index is 1010. The Kier molecular flexibility index (Phi) is 7.54. The third-order valence-electron chi connectivity index (χ3n) is 6.17. The summed E-state index contributed by atoms with van der Waals surface area (Å²) in [4.78, 5) is 31.6. The number of ether oxygens (including phenoxy) is 2. The Hall–Kier alpha value is -2.50. The number of amides is 2. The molecule has 1 N–H and O–H groups in total. The van der Waals surface area contributed by atoms with Gasteiger partial charge in [-0.2, -0.15) is 13.2 Å². The van der Waals surface area contributed by atoms with Crippen LogP contribution >= 0.6 is 11.3 Å². The number of carbonyl (C=O) groups is 2. The predicted octanol–water partition coefficient (Wildman–Crippen LogP) is 3.49. The number of nitrogens with one attached hydrogen (secondary N) is 1. The molecular formula is C23H26F3N3O4S. The van der Waals surface area contributed by atoms with Crippen LogP contribution in [0.25, 0.3) is 11.3 Å². The van der Waals surface area contributed by atoms with Crippen molar-refractivity contribution >= 4 is 23.2 Å². The van der Waals surface area contributed by atoms with E-state index in [0.717, 1.165) is 18.6 Å². The van der Waals surface area contributed by atoms with Crippen molar-refractivity contribution in [3.8, 4) is 11.3 Å². The van der Waals surface area contributed by atoms with Gasteiger partial charge in [0.15, 0.2) is 0 Å². The minimum absolute atomic E-state index is 0.0153. The molecule has 2 aliphatic heterocycles. The van der Waals surface area contributed by atoms with Crippen LogP contribution in [-0.4, -0.2) is 60.2 Å². The second-order valence-electron chi connectivity index (χ2n) is 8.47. The number of carbonyl (C=O) groups excluding carboxylic acids is 2. The molecule has 2 fully saturated rings. The van der Waals surface area contributed by atoms with Gasteiger partial charge in [0, 0.05) is 23.5 Å². The zero-order chi connectivity index (χ0) is 24.3. The minimum atomic E-state index is -4.38. The van der Waals surface area contributed by atoms with Crippen LogP contribution in [0.2, 0.25) is 0 Å². The Labute approximate surface area is 199 Å².